The van der Waals surface area contributed by atoms with E-state index in [0.29, 0.717) is 37.4 Å². The predicted octanol–water partition coefficient (Wildman–Crippen LogP) is 1.61. The van der Waals surface area contributed by atoms with Gasteiger partial charge in [0.15, 0.2) is 0 Å². The third-order valence-electron chi connectivity index (χ3n) is 5.08. The molecule has 2 aliphatic heterocycles. The molecule has 0 aromatic carbocycles. The minimum Gasteiger partial charge on any atom is -0.467 e. The molecule has 136 valence electrons. The number of hydrogen-bond donors (Lipinski definition) is 1. The minimum absolute atomic E-state index is 0.0322. The van der Waals surface area contributed by atoms with Gasteiger partial charge in [0.2, 0.25) is 5.91 Å². The summed E-state index contributed by atoms with van der Waals surface area (Å²) in [5.41, 5.74) is 0.585. The van der Waals surface area contributed by atoms with Crippen molar-refractivity contribution in [3.05, 3.63) is 54.2 Å². The molecule has 2 saturated heterocycles. The van der Waals surface area contributed by atoms with E-state index in [2.05, 4.69) is 10.3 Å². The van der Waals surface area contributed by atoms with Gasteiger partial charge >= 0.3 is 0 Å². The summed E-state index contributed by atoms with van der Waals surface area (Å²) in [6, 6.07) is 7.04. The van der Waals surface area contributed by atoms with Gasteiger partial charge in [0.25, 0.3) is 5.91 Å². The molecule has 2 amide bonds. The van der Waals surface area contributed by atoms with E-state index in [4.69, 9.17) is 9.15 Å². The maximum atomic E-state index is 13.0. The third kappa shape index (κ3) is 3.35. The van der Waals surface area contributed by atoms with Crippen LogP contribution in [0.15, 0.2) is 47.3 Å². The molecule has 7 nitrogen and oxygen atoms in total. The van der Waals surface area contributed by atoms with Crippen molar-refractivity contribution in [1.29, 1.82) is 0 Å². The number of carbonyl (C=O) groups is 2. The molecule has 0 spiro atoms. The molecule has 3 atom stereocenters. The maximum Gasteiger partial charge on any atom is 0.254 e. The topological polar surface area (TPSA) is 84.7 Å². The van der Waals surface area contributed by atoms with Gasteiger partial charge in [0, 0.05) is 31.1 Å². The van der Waals surface area contributed by atoms with Crippen LogP contribution in [-0.2, 0) is 16.1 Å². The predicted molar refractivity (Wildman–Crippen MR) is 92.1 cm³/mol. The van der Waals surface area contributed by atoms with Crippen LogP contribution in [0.2, 0.25) is 0 Å². The first-order valence-corrected chi connectivity index (χ1v) is 8.85. The van der Waals surface area contributed by atoms with Crippen molar-refractivity contribution in [2.75, 3.05) is 13.2 Å². The van der Waals surface area contributed by atoms with E-state index >= 15 is 0 Å². The number of pyridine rings is 1. The van der Waals surface area contributed by atoms with Gasteiger partial charge < -0.3 is 19.4 Å². The first-order chi connectivity index (χ1) is 12.7. The van der Waals surface area contributed by atoms with Crippen molar-refractivity contribution in [2.45, 2.75) is 31.5 Å². The smallest absolute Gasteiger partial charge is 0.254 e. The van der Waals surface area contributed by atoms with Gasteiger partial charge in [0.1, 0.15) is 5.76 Å². The number of hydrogen-bond acceptors (Lipinski definition) is 5. The second-order valence-electron chi connectivity index (χ2n) is 6.69. The second kappa shape index (κ2) is 7.29. The number of aromatic nitrogens is 1. The number of furan rings is 1. The standard InChI is InChI=1S/C19H21N3O4/c23-18(21-11-15-2-1-8-25-15)14-10-17-16(5-9-26-17)22(12-14)19(24)13-3-6-20-7-4-13/h1-4,6-8,14,16-17H,5,9-12H2,(H,21,23)/t14-,16+,17+/m0/s1. The largest absolute Gasteiger partial charge is 0.467 e. The fourth-order valence-corrected chi connectivity index (χ4v) is 3.76. The molecular weight excluding hydrogens is 334 g/mol. The van der Waals surface area contributed by atoms with Crippen LogP contribution in [-0.4, -0.2) is 47.0 Å². The van der Waals surface area contributed by atoms with E-state index < -0.39 is 0 Å². The highest BCUT2D eigenvalue weighted by molar-refractivity contribution is 5.95. The molecule has 0 bridgehead atoms. The Balaban J connectivity index is 1.47. The summed E-state index contributed by atoms with van der Waals surface area (Å²) in [4.78, 5) is 31.3. The lowest BCUT2D eigenvalue weighted by molar-refractivity contribution is -0.129. The molecule has 0 unspecified atom stereocenters. The molecule has 7 heteroatoms. The number of nitrogens with one attached hydrogen (secondary N) is 1. The molecule has 2 aliphatic rings. The summed E-state index contributed by atoms with van der Waals surface area (Å²) in [6.45, 7) is 1.36. The maximum absolute atomic E-state index is 13.0. The van der Waals surface area contributed by atoms with Crippen molar-refractivity contribution in [3.8, 4) is 0 Å². The van der Waals surface area contributed by atoms with Crippen molar-refractivity contribution in [2.24, 2.45) is 5.92 Å². The van der Waals surface area contributed by atoms with Crippen LogP contribution >= 0.6 is 0 Å². The van der Waals surface area contributed by atoms with Crippen LogP contribution in [0.1, 0.15) is 29.0 Å². The summed E-state index contributed by atoms with van der Waals surface area (Å²) in [6.07, 6.45) is 6.14. The monoisotopic (exact) mass is 355 g/mol. The van der Waals surface area contributed by atoms with Crippen LogP contribution in [0.5, 0.6) is 0 Å². The molecule has 0 aliphatic carbocycles. The first kappa shape index (κ1) is 16.8. The molecule has 2 fully saturated rings. The molecule has 0 saturated carbocycles. The van der Waals surface area contributed by atoms with Crippen LogP contribution in [0.4, 0.5) is 0 Å². The van der Waals surface area contributed by atoms with Crippen molar-refractivity contribution < 1.29 is 18.7 Å². The Labute approximate surface area is 151 Å². The highest BCUT2D eigenvalue weighted by Gasteiger charge is 2.44. The van der Waals surface area contributed by atoms with Crippen LogP contribution < -0.4 is 5.32 Å². The third-order valence-corrected chi connectivity index (χ3v) is 5.08. The highest BCUT2D eigenvalue weighted by Crippen LogP contribution is 2.32. The normalized spacial score (nSPS) is 24.9. The fourth-order valence-electron chi connectivity index (χ4n) is 3.76. The molecule has 4 heterocycles. The summed E-state index contributed by atoms with van der Waals surface area (Å²) in [5, 5.41) is 2.90. The molecule has 2 aromatic rings. The first-order valence-electron chi connectivity index (χ1n) is 8.85. The summed E-state index contributed by atoms with van der Waals surface area (Å²) >= 11 is 0. The number of piperidine rings is 1. The van der Waals surface area contributed by atoms with Gasteiger partial charge in [-0.2, -0.15) is 0 Å². The number of amides is 2. The molecule has 4 rings (SSSR count). The van der Waals surface area contributed by atoms with Crippen molar-refractivity contribution >= 4 is 11.8 Å². The van der Waals surface area contributed by atoms with E-state index in [0.717, 1.165) is 6.42 Å². The van der Waals surface area contributed by atoms with Gasteiger partial charge in [-0.25, -0.2) is 0 Å². The SMILES string of the molecule is O=C(NCc1ccco1)[C@H]1C[C@H]2OCC[C@H]2N(C(=O)c2ccncc2)C1. The lowest BCUT2D eigenvalue weighted by Gasteiger charge is -2.40. The second-order valence-corrected chi connectivity index (χ2v) is 6.69. The number of nitrogens with zero attached hydrogens (tertiary/aromatic N) is 2. The van der Waals surface area contributed by atoms with E-state index in [1.807, 2.05) is 6.07 Å². The van der Waals surface area contributed by atoms with E-state index in [1.165, 1.54) is 0 Å². The number of rotatable bonds is 4. The van der Waals surface area contributed by atoms with Crippen LogP contribution in [0.3, 0.4) is 0 Å². The quantitative estimate of drug-likeness (QED) is 0.901. The molecule has 0 radical (unpaired) electrons. The lowest BCUT2D eigenvalue weighted by Crippen LogP contribution is -2.54. The van der Waals surface area contributed by atoms with Crippen LogP contribution in [0.25, 0.3) is 0 Å². The highest BCUT2D eigenvalue weighted by atomic mass is 16.5. The van der Waals surface area contributed by atoms with Gasteiger partial charge in [-0.1, -0.05) is 0 Å². The van der Waals surface area contributed by atoms with E-state index in [9.17, 15) is 9.59 Å². The van der Waals surface area contributed by atoms with Gasteiger partial charge in [-0.3, -0.25) is 14.6 Å². The molecule has 1 N–H and O–H groups in total. The molecule has 2 aromatic heterocycles. The Morgan fingerprint density at radius 3 is 2.88 bits per heavy atom. The van der Waals surface area contributed by atoms with Gasteiger partial charge in [-0.05, 0) is 37.1 Å². The molecular formula is C19H21N3O4. The lowest BCUT2D eigenvalue weighted by atomic mass is 9.89. The number of fused-ring (bicyclic) bond motifs is 1. The molecule has 26 heavy (non-hydrogen) atoms. The summed E-state index contributed by atoms with van der Waals surface area (Å²) in [7, 11) is 0. The van der Waals surface area contributed by atoms with E-state index in [-0.39, 0.29) is 29.9 Å². The Hall–Kier alpha value is -2.67. The van der Waals surface area contributed by atoms with Crippen molar-refractivity contribution in [1.82, 2.24) is 15.2 Å². The summed E-state index contributed by atoms with van der Waals surface area (Å²) < 4.78 is 11.0. The number of likely N-dealkylation sites (tertiary alicyclic amines) is 1. The zero-order valence-corrected chi connectivity index (χ0v) is 14.3. The Morgan fingerprint density at radius 2 is 2.12 bits per heavy atom. The van der Waals surface area contributed by atoms with E-state index in [1.54, 1.807) is 41.8 Å². The van der Waals surface area contributed by atoms with Crippen molar-refractivity contribution in [3.63, 3.8) is 0 Å². The summed E-state index contributed by atoms with van der Waals surface area (Å²) in [5.74, 6) is 0.253. The van der Waals surface area contributed by atoms with Crippen LogP contribution in [0, 0.1) is 5.92 Å². The Morgan fingerprint density at radius 1 is 1.27 bits per heavy atom. The zero-order valence-electron chi connectivity index (χ0n) is 14.3. The minimum atomic E-state index is -0.296. The number of carbonyl (C=O) groups excluding carboxylic acids is 2. The number of ether oxygens (including phenoxy) is 1. The average molecular weight is 355 g/mol. The van der Waals surface area contributed by atoms with Gasteiger partial charge in [-0.15, -0.1) is 0 Å². The zero-order chi connectivity index (χ0) is 17.9. The fraction of sp³-hybridized carbons (Fsp3) is 0.421. The van der Waals surface area contributed by atoms with Gasteiger partial charge in [0.05, 0.1) is 30.9 Å². The average Bonchev–Trinajstić information content (AvgIpc) is 3.37. The Kier molecular flexibility index (Phi) is 4.71. The Bertz CT molecular complexity index is 762.